The maximum absolute atomic E-state index is 5.89. The second kappa shape index (κ2) is 9.84. The van der Waals surface area contributed by atoms with E-state index in [0.717, 1.165) is 21.1 Å². The molecule has 0 fully saturated rings. The Bertz CT molecular complexity index is 630. The minimum Gasteiger partial charge on any atom is -0.383 e. The Morgan fingerprint density at radius 3 is 2.74 bits per heavy atom. The summed E-state index contributed by atoms with van der Waals surface area (Å²) in [5, 5.41) is 4.11. The van der Waals surface area contributed by atoms with Crippen LogP contribution in [-0.4, -0.2) is 30.7 Å². The molecule has 1 heterocycles. The largest absolute Gasteiger partial charge is 0.383 e. The van der Waals surface area contributed by atoms with E-state index < -0.39 is 0 Å². The van der Waals surface area contributed by atoms with Crippen LogP contribution >= 0.6 is 35.3 Å². The molecule has 1 atom stereocenters. The van der Waals surface area contributed by atoms with E-state index in [-0.39, 0.29) is 30.0 Å². The van der Waals surface area contributed by atoms with Crippen LogP contribution in [0, 0.1) is 6.92 Å². The van der Waals surface area contributed by atoms with E-state index in [4.69, 9.17) is 10.5 Å². The molecule has 5 nitrogen and oxygen atoms in total. The van der Waals surface area contributed by atoms with Gasteiger partial charge in [0.1, 0.15) is 5.01 Å². The van der Waals surface area contributed by atoms with Gasteiger partial charge in [-0.25, -0.2) is 9.98 Å². The highest BCUT2D eigenvalue weighted by Crippen LogP contribution is 2.28. The number of methoxy groups -OCH3 is 1. The van der Waals surface area contributed by atoms with E-state index in [2.05, 4.69) is 27.4 Å². The summed E-state index contributed by atoms with van der Waals surface area (Å²) in [6.45, 7) is 5.13. The molecule has 126 valence electrons. The molecule has 0 aliphatic heterocycles. The van der Waals surface area contributed by atoms with Crippen molar-refractivity contribution in [2.24, 2.45) is 10.7 Å². The first-order valence-corrected chi connectivity index (χ1v) is 7.99. The number of aryl methyl sites for hydroxylation is 1. The first-order chi connectivity index (χ1) is 10.6. The van der Waals surface area contributed by atoms with Crippen molar-refractivity contribution in [1.29, 1.82) is 0 Å². The van der Waals surface area contributed by atoms with Crippen LogP contribution in [0.25, 0.3) is 10.6 Å². The molecule has 7 heteroatoms. The van der Waals surface area contributed by atoms with E-state index in [1.165, 1.54) is 0 Å². The average molecular weight is 446 g/mol. The molecular weight excluding hydrogens is 423 g/mol. The van der Waals surface area contributed by atoms with Gasteiger partial charge in [-0.15, -0.1) is 35.3 Å². The molecule has 1 aromatic heterocycles. The Morgan fingerprint density at radius 2 is 2.09 bits per heavy atom. The van der Waals surface area contributed by atoms with Crippen LogP contribution in [0.15, 0.2) is 35.3 Å². The molecule has 1 aromatic carbocycles. The van der Waals surface area contributed by atoms with Gasteiger partial charge in [0.05, 0.1) is 18.8 Å². The Labute approximate surface area is 158 Å². The number of aliphatic imine (C=N–C) groups is 1. The second-order valence-corrected chi connectivity index (χ2v) is 6.18. The quantitative estimate of drug-likeness (QED) is 0.406. The zero-order chi connectivity index (χ0) is 15.9. The highest BCUT2D eigenvalue weighted by atomic mass is 127. The molecule has 0 aliphatic rings. The maximum atomic E-state index is 5.89. The van der Waals surface area contributed by atoms with Crippen molar-refractivity contribution in [2.75, 3.05) is 13.7 Å². The van der Waals surface area contributed by atoms with E-state index in [1.54, 1.807) is 18.4 Å². The van der Waals surface area contributed by atoms with Crippen LogP contribution in [0.2, 0.25) is 0 Å². The Balaban J connectivity index is 0.00000264. The highest BCUT2D eigenvalue weighted by molar-refractivity contribution is 14.0. The summed E-state index contributed by atoms with van der Waals surface area (Å²) in [6.07, 6.45) is 0. The molecule has 0 spiro atoms. The van der Waals surface area contributed by atoms with Crippen molar-refractivity contribution in [3.05, 3.63) is 40.9 Å². The van der Waals surface area contributed by atoms with Crippen LogP contribution in [0.4, 0.5) is 0 Å². The van der Waals surface area contributed by atoms with Crippen LogP contribution in [0.3, 0.4) is 0 Å². The number of nitrogens with zero attached hydrogens (tertiary/aromatic N) is 2. The summed E-state index contributed by atoms with van der Waals surface area (Å²) in [5.41, 5.74) is 8.02. The van der Waals surface area contributed by atoms with E-state index in [1.807, 2.05) is 32.0 Å². The lowest BCUT2D eigenvalue weighted by Gasteiger charge is -2.12. The first-order valence-electron chi connectivity index (χ1n) is 7.17. The van der Waals surface area contributed by atoms with Crippen molar-refractivity contribution < 1.29 is 4.74 Å². The molecule has 3 N–H and O–H groups in total. The van der Waals surface area contributed by atoms with Crippen LogP contribution < -0.4 is 11.1 Å². The predicted octanol–water partition coefficient (Wildman–Crippen LogP) is 3.18. The number of benzene rings is 1. The molecule has 0 saturated heterocycles. The monoisotopic (exact) mass is 446 g/mol. The normalized spacial score (nSPS) is 12.6. The zero-order valence-corrected chi connectivity index (χ0v) is 16.7. The maximum Gasteiger partial charge on any atom is 0.189 e. The van der Waals surface area contributed by atoms with Gasteiger partial charge in [-0.05, 0) is 13.8 Å². The molecule has 0 amide bonds. The molecule has 0 radical (unpaired) electrons. The van der Waals surface area contributed by atoms with Crippen molar-refractivity contribution in [2.45, 2.75) is 26.4 Å². The number of nitrogens with one attached hydrogen (secondary N) is 1. The van der Waals surface area contributed by atoms with E-state index in [0.29, 0.717) is 19.1 Å². The number of guanidine groups is 1. The summed E-state index contributed by atoms with van der Waals surface area (Å²) >= 11 is 1.66. The van der Waals surface area contributed by atoms with E-state index >= 15 is 0 Å². The Morgan fingerprint density at radius 1 is 1.39 bits per heavy atom. The molecule has 1 unspecified atom stereocenters. The van der Waals surface area contributed by atoms with E-state index in [9.17, 15) is 0 Å². The minimum atomic E-state index is 0. The van der Waals surface area contributed by atoms with Crippen LogP contribution in [-0.2, 0) is 11.3 Å². The summed E-state index contributed by atoms with van der Waals surface area (Å²) < 4.78 is 5.06. The molecule has 23 heavy (non-hydrogen) atoms. The highest BCUT2D eigenvalue weighted by Gasteiger charge is 2.09. The first kappa shape index (κ1) is 19.9. The molecule has 0 saturated carbocycles. The number of halogens is 1. The standard InChI is InChI=1S/C16H22N4OS.HI/c1-11(10-21-3)19-16(17)18-9-14-12(2)20-15(22-14)13-7-5-4-6-8-13;/h4-8,11H,9-10H2,1-3H3,(H3,17,18,19);1H. The van der Waals surface area contributed by atoms with Crippen molar-refractivity contribution >= 4 is 41.3 Å². The topological polar surface area (TPSA) is 72.5 Å². The van der Waals surface area contributed by atoms with Gasteiger partial charge in [-0.1, -0.05) is 30.3 Å². The summed E-state index contributed by atoms with van der Waals surface area (Å²) in [4.78, 5) is 10.1. The van der Waals surface area contributed by atoms with Crippen LogP contribution in [0.1, 0.15) is 17.5 Å². The zero-order valence-electron chi connectivity index (χ0n) is 13.6. The molecule has 0 bridgehead atoms. The van der Waals surface area contributed by atoms with Gasteiger partial charge in [0.15, 0.2) is 5.96 Å². The van der Waals surface area contributed by atoms with Crippen LogP contribution in [0.5, 0.6) is 0 Å². The molecule has 2 rings (SSSR count). The number of ether oxygens (including phenoxy) is 1. The lowest BCUT2D eigenvalue weighted by molar-refractivity contribution is 0.179. The third kappa shape index (κ3) is 6.08. The smallest absolute Gasteiger partial charge is 0.189 e. The SMILES string of the molecule is COCC(C)NC(N)=NCc1sc(-c2ccccc2)nc1C.I. The van der Waals surface area contributed by atoms with Crippen molar-refractivity contribution in [3.63, 3.8) is 0 Å². The number of aromatic nitrogens is 1. The lowest BCUT2D eigenvalue weighted by Crippen LogP contribution is -2.40. The Hall–Kier alpha value is -1.19. The number of rotatable bonds is 6. The van der Waals surface area contributed by atoms with Gasteiger partial charge < -0.3 is 15.8 Å². The predicted molar refractivity (Wildman–Crippen MR) is 108 cm³/mol. The summed E-state index contributed by atoms with van der Waals surface area (Å²) in [5.74, 6) is 0.429. The van der Waals surface area contributed by atoms with Gasteiger partial charge in [-0.3, -0.25) is 0 Å². The molecule has 2 aromatic rings. The Kier molecular flexibility index (Phi) is 8.49. The van der Waals surface area contributed by atoms with Gasteiger partial charge >= 0.3 is 0 Å². The lowest BCUT2D eigenvalue weighted by atomic mass is 10.2. The third-order valence-electron chi connectivity index (χ3n) is 3.12. The number of hydrogen-bond donors (Lipinski definition) is 2. The average Bonchev–Trinajstić information content (AvgIpc) is 2.87. The third-order valence-corrected chi connectivity index (χ3v) is 4.31. The van der Waals surface area contributed by atoms with Gasteiger partial charge in [-0.2, -0.15) is 0 Å². The van der Waals surface area contributed by atoms with Crippen molar-refractivity contribution in [1.82, 2.24) is 10.3 Å². The van der Waals surface area contributed by atoms with Crippen molar-refractivity contribution in [3.8, 4) is 10.6 Å². The summed E-state index contributed by atoms with van der Waals surface area (Å²) in [7, 11) is 1.66. The number of nitrogens with two attached hydrogens (primary N) is 1. The minimum absolute atomic E-state index is 0. The summed E-state index contributed by atoms with van der Waals surface area (Å²) in [6, 6.07) is 10.3. The number of hydrogen-bond acceptors (Lipinski definition) is 4. The fourth-order valence-electron chi connectivity index (χ4n) is 2.03. The second-order valence-electron chi connectivity index (χ2n) is 5.10. The molecular formula is C16H23IN4OS. The number of thiazole rings is 1. The van der Waals surface area contributed by atoms with Gasteiger partial charge in [0, 0.05) is 23.6 Å². The fraction of sp³-hybridized carbons (Fsp3) is 0.375. The van der Waals surface area contributed by atoms with Gasteiger partial charge in [0.25, 0.3) is 0 Å². The molecule has 0 aliphatic carbocycles. The fourth-order valence-corrected chi connectivity index (χ4v) is 3.02. The van der Waals surface area contributed by atoms with Gasteiger partial charge in [0.2, 0.25) is 0 Å².